The zero-order valence-corrected chi connectivity index (χ0v) is 37.8. The average molecular weight is 818 g/mol. The lowest BCUT2D eigenvalue weighted by molar-refractivity contribution is 0.0445. The predicted octanol–water partition coefficient (Wildman–Crippen LogP) is 9.10. The molecule has 310 valence electrons. The van der Waals surface area contributed by atoms with Gasteiger partial charge in [0, 0.05) is 37.4 Å². The summed E-state index contributed by atoms with van der Waals surface area (Å²) in [4.78, 5) is 57.6. The highest BCUT2D eigenvalue weighted by Gasteiger charge is 2.39. The first-order valence-electron chi connectivity index (χ1n) is 18.9. The number of halogens is 1. The Labute approximate surface area is 337 Å². The minimum atomic E-state index is -2.28. The maximum atomic E-state index is 13.8. The minimum absolute atomic E-state index is 0.0845. The highest BCUT2D eigenvalue weighted by molar-refractivity contribution is 6.74. The molecule has 1 N–H and O–H groups in total. The van der Waals surface area contributed by atoms with Gasteiger partial charge in [-0.15, -0.1) is 4.68 Å². The lowest BCUT2D eigenvalue weighted by Crippen LogP contribution is -2.54. The van der Waals surface area contributed by atoms with Crippen LogP contribution in [0.4, 0.5) is 26.0 Å². The molecule has 1 aliphatic rings. The van der Waals surface area contributed by atoms with E-state index in [-0.39, 0.29) is 39.3 Å². The highest BCUT2D eigenvalue weighted by Crippen LogP contribution is 2.40. The third-order valence-electron chi connectivity index (χ3n) is 9.58. The summed E-state index contributed by atoms with van der Waals surface area (Å²) in [6.45, 7) is 30.1. The van der Waals surface area contributed by atoms with Crippen molar-refractivity contribution in [1.29, 1.82) is 0 Å². The van der Waals surface area contributed by atoms with Crippen LogP contribution in [0, 0.1) is 0 Å². The Morgan fingerprint density at radius 3 is 2.02 bits per heavy atom. The topological polar surface area (TPSA) is 163 Å². The molecule has 0 radical (unpaired) electrons. The van der Waals surface area contributed by atoms with E-state index >= 15 is 0 Å². The van der Waals surface area contributed by atoms with Crippen LogP contribution in [0.5, 0.6) is 0 Å². The molecular formula is C39H61ClN8O7Si. The Bertz CT molecular complexity index is 1950. The molecule has 17 heteroatoms. The van der Waals surface area contributed by atoms with Crippen LogP contribution in [-0.2, 0) is 25.2 Å². The van der Waals surface area contributed by atoms with Crippen LogP contribution in [0.2, 0.25) is 23.2 Å². The van der Waals surface area contributed by atoms with E-state index < -0.39 is 48.9 Å². The van der Waals surface area contributed by atoms with Crippen molar-refractivity contribution in [3.05, 3.63) is 23.0 Å². The van der Waals surface area contributed by atoms with E-state index in [0.29, 0.717) is 43.0 Å². The van der Waals surface area contributed by atoms with Crippen LogP contribution in [-0.4, -0.2) is 93.8 Å². The van der Waals surface area contributed by atoms with Crippen LogP contribution in [0.1, 0.15) is 109 Å². The molecule has 0 atom stereocenters. The number of rotatable bonds is 7. The van der Waals surface area contributed by atoms with Crippen molar-refractivity contribution in [1.82, 2.24) is 30.0 Å². The molecule has 0 aliphatic carbocycles. The summed E-state index contributed by atoms with van der Waals surface area (Å²) in [6, 6.07) is 1.64. The third kappa shape index (κ3) is 10.9. The number of piperidine rings is 1. The summed E-state index contributed by atoms with van der Waals surface area (Å²) in [5, 5.41) is 7.80. The maximum Gasteiger partial charge on any atom is 0.437 e. The van der Waals surface area contributed by atoms with Crippen molar-refractivity contribution in [2.45, 2.75) is 150 Å². The second-order valence-corrected chi connectivity index (χ2v) is 24.4. The molecule has 0 saturated carbocycles. The van der Waals surface area contributed by atoms with E-state index in [0.717, 1.165) is 4.68 Å². The Morgan fingerprint density at radius 2 is 1.48 bits per heavy atom. The molecule has 4 heterocycles. The molecule has 1 aliphatic heterocycles. The molecule has 3 aromatic heterocycles. The van der Waals surface area contributed by atoms with E-state index in [2.05, 4.69) is 49.1 Å². The van der Waals surface area contributed by atoms with Crippen molar-refractivity contribution >= 4 is 61.0 Å². The van der Waals surface area contributed by atoms with Gasteiger partial charge < -0.3 is 28.9 Å². The van der Waals surface area contributed by atoms with Gasteiger partial charge in [0.05, 0.1) is 11.6 Å². The SMILES string of the molecule is CN(C(=O)OC(C)(C)C)c1nccc(-c2nn(C(=O)OC(C)(C)C)c3nc(N4CCC(C)(NC(=O)OC(C)(C)C)CC4)c(CO[Si](C)(C)C(C)(C)C)nc23)c1Cl. The average Bonchev–Trinajstić information content (AvgIpc) is 3.38. The first-order valence-corrected chi connectivity index (χ1v) is 22.2. The molecule has 0 aromatic carbocycles. The molecular weight excluding hydrogens is 756 g/mol. The number of hydrogen-bond donors (Lipinski definition) is 1. The van der Waals surface area contributed by atoms with Gasteiger partial charge in [-0.2, -0.15) is 5.10 Å². The number of carbonyl (C=O) groups is 3. The molecule has 4 rings (SSSR count). The van der Waals surface area contributed by atoms with Crippen LogP contribution < -0.4 is 15.1 Å². The van der Waals surface area contributed by atoms with Gasteiger partial charge in [0.2, 0.25) is 0 Å². The molecule has 0 spiro atoms. The number of alkyl carbamates (subject to hydrolysis) is 1. The lowest BCUT2D eigenvalue weighted by Gasteiger charge is -2.41. The van der Waals surface area contributed by atoms with Crippen molar-refractivity contribution in [2.75, 3.05) is 29.9 Å². The summed E-state index contributed by atoms with van der Waals surface area (Å²) in [6.07, 6.45) is 0.791. The number of anilines is 2. The summed E-state index contributed by atoms with van der Waals surface area (Å²) < 4.78 is 24.7. The van der Waals surface area contributed by atoms with Gasteiger partial charge >= 0.3 is 18.3 Å². The Morgan fingerprint density at radius 1 is 0.911 bits per heavy atom. The summed E-state index contributed by atoms with van der Waals surface area (Å²) in [5.41, 5.74) is -1.19. The smallest absolute Gasteiger partial charge is 0.437 e. The zero-order chi connectivity index (χ0) is 42.4. The fourth-order valence-corrected chi connectivity index (χ4v) is 6.80. The van der Waals surface area contributed by atoms with E-state index in [1.165, 1.54) is 18.1 Å². The van der Waals surface area contributed by atoms with Crippen LogP contribution in [0.3, 0.4) is 0 Å². The van der Waals surface area contributed by atoms with Crippen LogP contribution in [0.25, 0.3) is 22.4 Å². The first-order chi connectivity index (χ1) is 25.4. The number of fused-ring (bicyclic) bond motifs is 1. The normalized spacial score (nSPS) is 15.4. The monoisotopic (exact) mass is 816 g/mol. The lowest BCUT2D eigenvalue weighted by atomic mass is 9.89. The van der Waals surface area contributed by atoms with Gasteiger partial charge in [-0.05, 0) is 106 Å². The molecule has 15 nitrogen and oxygen atoms in total. The van der Waals surface area contributed by atoms with Crippen molar-refractivity contribution in [3.63, 3.8) is 0 Å². The van der Waals surface area contributed by atoms with Crippen LogP contribution >= 0.6 is 11.6 Å². The molecule has 56 heavy (non-hydrogen) atoms. The van der Waals surface area contributed by atoms with Crippen LogP contribution in [0.15, 0.2) is 12.3 Å². The molecule has 1 saturated heterocycles. The van der Waals surface area contributed by atoms with E-state index in [1.54, 1.807) is 47.6 Å². The fourth-order valence-electron chi connectivity index (χ4n) is 5.54. The quantitative estimate of drug-likeness (QED) is 0.178. The summed E-state index contributed by atoms with van der Waals surface area (Å²) in [7, 11) is -0.772. The van der Waals surface area contributed by atoms with Crippen molar-refractivity contribution in [2.24, 2.45) is 0 Å². The second-order valence-electron chi connectivity index (χ2n) is 19.2. The van der Waals surface area contributed by atoms with Crippen molar-refractivity contribution < 1.29 is 33.0 Å². The first kappa shape index (κ1) is 44.7. The Kier molecular flexibility index (Phi) is 12.6. The van der Waals surface area contributed by atoms with Crippen molar-refractivity contribution in [3.8, 4) is 11.3 Å². The number of nitrogens with zero attached hydrogens (tertiary/aromatic N) is 7. The Balaban J connectivity index is 1.89. The van der Waals surface area contributed by atoms with Gasteiger partial charge in [0.25, 0.3) is 0 Å². The molecule has 2 amide bonds. The second kappa shape index (κ2) is 15.7. The number of carbonyl (C=O) groups excluding carboxylic acids is 3. The van der Waals surface area contributed by atoms with Gasteiger partial charge in [-0.25, -0.2) is 29.3 Å². The molecule has 0 unspecified atom stereocenters. The maximum absolute atomic E-state index is 13.8. The summed E-state index contributed by atoms with van der Waals surface area (Å²) in [5.74, 6) is 0.652. The molecule has 0 bridgehead atoms. The fraction of sp³-hybridized carbons (Fsp3) is 0.667. The Hall–Kier alpha value is -4.02. The van der Waals surface area contributed by atoms with Gasteiger partial charge in [-0.1, -0.05) is 32.4 Å². The molecule has 1 fully saturated rings. The van der Waals surface area contributed by atoms with E-state index in [1.807, 2.05) is 27.7 Å². The number of ether oxygens (including phenoxy) is 3. The largest absolute Gasteiger partial charge is 0.444 e. The van der Waals surface area contributed by atoms with E-state index in [9.17, 15) is 14.4 Å². The summed E-state index contributed by atoms with van der Waals surface area (Å²) >= 11 is 7.02. The number of aromatic nitrogens is 5. The number of nitrogens with one attached hydrogen (secondary N) is 1. The van der Waals surface area contributed by atoms with E-state index in [4.69, 9.17) is 45.3 Å². The predicted molar refractivity (Wildman–Crippen MR) is 221 cm³/mol. The minimum Gasteiger partial charge on any atom is -0.444 e. The molecule has 3 aromatic rings. The number of amides is 2. The highest BCUT2D eigenvalue weighted by atomic mass is 35.5. The third-order valence-corrected chi connectivity index (χ3v) is 14.4. The number of hydrogen-bond acceptors (Lipinski definition) is 12. The standard InChI is InChI=1S/C39H61ClN8O7Si/c1-35(2,3)53-32(49)44-39(13)18-21-47(22-19-39)29-25(23-52-56(15,16)38(10,11)12)42-28-27(45-48(31(28)43-29)34(51)55-37(7,8)9)24-17-20-41-30(26(24)40)46(14)33(50)54-36(4,5)6/h17,20H,18-19,21-23H2,1-16H3,(H,44,49). The number of pyridine rings is 1. The van der Waals surface area contributed by atoms with Gasteiger partial charge in [0.15, 0.2) is 25.6 Å². The van der Waals surface area contributed by atoms with Gasteiger partial charge in [0.1, 0.15) is 33.7 Å². The van der Waals surface area contributed by atoms with Gasteiger partial charge in [-0.3, -0.25) is 4.90 Å². The zero-order valence-electron chi connectivity index (χ0n) is 36.1.